The van der Waals surface area contributed by atoms with Crippen LogP contribution in [0.25, 0.3) is 0 Å². The molecule has 19 heavy (non-hydrogen) atoms. The lowest BCUT2D eigenvalue weighted by atomic mass is 10.1. The molecule has 3 nitrogen and oxygen atoms in total. The highest BCUT2D eigenvalue weighted by Crippen LogP contribution is 2.08. The Bertz CT molecular complexity index is 587. The number of hydrogen-bond donors (Lipinski definition) is 1. The van der Waals surface area contributed by atoms with Crippen molar-refractivity contribution in [3.8, 4) is 0 Å². The maximum absolute atomic E-state index is 12.0. The molecule has 3 heteroatoms. The van der Waals surface area contributed by atoms with E-state index in [2.05, 4.69) is 16.9 Å². The van der Waals surface area contributed by atoms with Gasteiger partial charge in [-0.1, -0.05) is 43.7 Å². The maximum Gasteiger partial charge on any atom is 0.270 e. The summed E-state index contributed by atoms with van der Waals surface area (Å²) in [6.07, 6.45) is 3.69. The molecule has 0 unspecified atom stereocenters. The van der Waals surface area contributed by atoms with E-state index in [1.54, 1.807) is 0 Å². The summed E-state index contributed by atoms with van der Waals surface area (Å²) in [5, 5.41) is 0. The highest BCUT2D eigenvalue weighted by molar-refractivity contribution is 5.22. The van der Waals surface area contributed by atoms with E-state index in [4.69, 9.17) is 0 Å². The molecule has 0 radical (unpaired) electrons. The average Bonchev–Trinajstić information content (AvgIpc) is 2.42. The van der Waals surface area contributed by atoms with Crippen LogP contribution in [0, 0.1) is 6.92 Å². The summed E-state index contributed by atoms with van der Waals surface area (Å²) in [6.45, 7) is 4.11. The number of rotatable bonds is 5. The molecule has 0 atom stereocenters. The zero-order valence-corrected chi connectivity index (χ0v) is 11.6. The topological polar surface area (TPSA) is 45.8 Å². The van der Waals surface area contributed by atoms with Crippen LogP contribution in [0.4, 0.5) is 0 Å². The summed E-state index contributed by atoms with van der Waals surface area (Å²) in [7, 11) is 0. The molecule has 0 aliphatic heterocycles. The number of H-pyrrole nitrogens is 1. The molecule has 0 amide bonds. The van der Waals surface area contributed by atoms with Crippen molar-refractivity contribution in [2.45, 2.75) is 39.5 Å². The fourth-order valence-corrected chi connectivity index (χ4v) is 2.13. The average molecular weight is 256 g/mol. The van der Waals surface area contributed by atoms with Crippen LogP contribution in [0.5, 0.6) is 0 Å². The van der Waals surface area contributed by atoms with Crippen molar-refractivity contribution < 1.29 is 0 Å². The molecular formula is C16H20N2O. The maximum atomic E-state index is 12.0. The summed E-state index contributed by atoms with van der Waals surface area (Å²) in [5.74, 6) is 0. The predicted molar refractivity (Wildman–Crippen MR) is 77.5 cm³/mol. The van der Waals surface area contributed by atoms with E-state index >= 15 is 0 Å². The fraction of sp³-hybridized carbons (Fsp3) is 0.375. The third-order valence-corrected chi connectivity index (χ3v) is 3.26. The van der Waals surface area contributed by atoms with Gasteiger partial charge < -0.3 is 4.98 Å². The molecular weight excluding hydrogens is 236 g/mol. The lowest BCUT2D eigenvalue weighted by Crippen LogP contribution is -2.19. The summed E-state index contributed by atoms with van der Waals surface area (Å²) < 4.78 is 0. The first-order chi connectivity index (χ1) is 9.20. The number of hydrogen-bond acceptors (Lipinski definition) is 2. The van der Waals surface area contributed by atoms with E-state index < -0.39 is 0 Å². The van der Waals surface area contributed by atoms with Crippen molar-refractivity contribution in [3.05, 3.63) is 63.3 Å². The molecule has 0 fully saturated rings. The van der Waals surface area contributed by atoms with Crippen LogP contribution in [0.15, 0.2) is 35.1 Å². The van der Waals surface area contributed by atoms with Crippen LogP contribution >= 0.6 is 0 Å². The van der Waals surface area contributed by atoms with Gasteiger partial charge in [0.2, 0.25) is 0 Å². The van der Waals surface area contributed by atoms with Crippen molar-refractivity contribution in [2.24, 2.45) is 0 Å². The third kappa shape index (κ3) is 3.53. The van der Waals surface area contributed by atoms with Crippen LogP contribution in [0.2, 0.25) is 0 Å². The first kappa shape index (κ1) is 13.5. The Morgan fingerprint density at radius 2 is 1.95 bits per heavy atom. The highest BCUT2D eigenvalue weighted by Gasteiger charge is 2.07. The second-order valence-electron chi connectivity index (χ2n) is 4.84. The lowest BCUT2D eigenvalue weighted by Gasteiger charge is -2.07. The molecule has 0 bridgehead atoms. The molecule has 2 aromatic rings. The summed E-state index contributed by atoms with van der Waals surface area (Å²) in [4.78, 5) is 19.5. The van der Waals surface area contributed by atoms with Gasteiger partial charge in [-0.25, -0.2) is 0 Å². The van der Waals surface area contributed by atoms with Crippen LogP contribution < -0.4 is 5.56 Å². The number of aromatic nitrogens is 2. The predicted octanol–water partition coefficient (Wildman–Crippen LogP) is 3.01. The molecule has 0 aliphatic carbocycles. The third-order valence-electron chi connectivity index (χ3n) is 3.26. The number of benzene rings is 1. The second kappa shape index (κ2) is 6.32. The van der Waals surface area contributed by atoms with E-state index in [1.165, 1.54) is 0 Å². The Morgan fingerprint density at radius 3 is 2.63 bits per heavy atom. The van der Waals surface area contributed by atoms with Gasteiger partial charge in [0.15, 0.2) is 0 Å². The van der Waals surface area contributed by atoms with Crippen LogP contribution in [-0.2, 0) is 12.8 Å². The molecule has 1 heterocycles. The van der Waals surface area contributed by atoms with Gasteiger partial charge in [-0.2, -0.15) is 0 Å². The van der Waals surface area contributed by atoms with E-state index in [0.717, 1.165) is 36.2 Å². The summed E-state index contributed by atoms with van der Waals surface area (Å²) >= 11 is 0. The number of nitrogens with one attached hydrogen (secondary N) is 1. The van der Waals surface area contributed by atoms with Crippen molar-refractivity contribution in [1.29, 1.82) is 0 Å². The minimum Gasteiger partial charge on any atom is -0.323 e. The molecule has 0 saturated heterocycles. The SMILES string of the molecule is CCCCc1[nH]c(=O)c(Cc2ccccc2)nc1C. The Hall–Kier alpha value is -1.90. The number of unbranched alkanes of at least 4 members (excludes halogenated alkanes) is 1. The lowest BCUT2D eigenvalue weighted by molar-refractivity contribution is 0.753. The molecule has 1 N–H and O–H groups in total. The van der Waals surface area contributed by atoms with Gasteiger partial charge in [0, 0.05) is 12.1 Å². The largest absolute Gasteiger partial charge is 0.323 e. The van der Waals surface area contributed by atoms with Crippen molar-refractivity contribution in [3.63, 3.8) is 0 Å². The second-order valence-corrected chi connectivity index (χ2v) is 4.84. The van der Waals surface area contributed by atoms with Crippen LogP contribution in [0.3, 0.4) is 0 Å². The van der Waals surface area contributed by atoms with E-state index in [1.807, 2.05) is 37.3 Å². The van der Waals surface area contributed by atoms with Crippen molar-refractivity contribution >= 4 is 0 Å². The summed E-state index contributed by atoms with van der Waals surface area (Å²) in [6, 6.07) is 9.96. The van der Waals surface area contributed by atoms with Gasteiger partial charge in [-0.3, -0.25) is 9.78 Å². The van der Waals surface area contributed by atoms with Gasteiger partial charge >= 0.3 is 0 Å². The molecule has 0 saturated carbocycles. The van der Waals surface area contributed by atoms with Gasteiger partial charge in [0.25, 0.3) is 5.56 Å². The van der Waals surface area contributed by atoms with Gasteiger partial charge in [-0.05, 0) is 25.3 Å². The Morgan fingerprint density at radius 1 is 1.21 bits per heavy atom. The minimum absolute atomic E-state index is 0.0550. The van der Waals surface area contributed by atoms with E-state index in [-0.39, 0.29) is 5.56 Å². The molecule has 0 aliphatic rings. The smallest absolute Gasteiger partial charge is 0.270 e. The monoisotopic (exact) mass is 256 g/mol. The first-order valence-corrected chi connectivity index (χ1v) is 6.83. The summed E-state index contributed by atoms with van der Waals surface area (Å²) in [5.41, 5.74) is 3.58. The normalized spacial score (nSPS) is 10.6. The fourth-order valence-electron chi connectivity index (χ4n) is 2.13. The molecule has 100 valence electrons. The van der Waals surface area contributed by atoms with Gasteiger partial charge in [0.05, 0.1) is 5.69 Å². The minimum atomic E-state index is -0.0550. The van der Waals surface area contributed by atoms with Crippen LogP contribution in [-0.4, -0.2) is 9.97 Å². The van der Waals surface area contributed by atoms with Crippen molar-refractivity contribution in [2.75, 3.05) is 0 Å². The van der Waals surface area contributed by atoms with E-state index in [0.29, 0.717) is 12.1 Å². The number of aryl methyl sites for hydroxylation is 2. The molecule has 2 rings (SSSR count). The Balaban J connectivity index is 2.23. The first-order valence-electron chi connectivity index (χ1n) is 6.83. The Kier molecular flexibility index (Phi) is 4.50. The molecule has 0 spiro atoms. The standard InChI is InChI=1S/C16H20N2O/c1-3-4-10-14-12(2)17-15(16(19)18-14)11-13-8-6-5-7-9-13/h5-9H,3-4,10-11H2,1-2H3,(H,18,19). The van der Waals surface area contributed by atoms with E-state index in [9.17, 15) is 4.79 Å². The number of aromatic amines is 1. The highest BCUT2D eigenvalue weighted by atomic mass is 16.1. The molecule has 1 aromatic carbocycles. The zero-order valence-electron chi connectivity index (χ0n) is 11.6. The number of nitrogens with zero attached hydrogens (tertiary/aromatic N) is 1. The molecule has 1 aromatic heterocycles. The Labute approximate surface area is 113 Å². The zero-order chi connectivity index (χ0) is 13.7. The van der Waals surface area contributed by atoms with Gasteiger partial charge in [-0.15, -0.1) is 0 Å². The van der Waals surface area contributed by atoms with Crippen molar-refractivity contribution in [1.82, 2.24) is 9.97 Å². The van der Waals surface area contributed by atoms with Crippen LogP contribution in [0.1, 0.15) is 42.4 Å². The van der Waals surface area contributed by atoms with Gasteiger partial charge in [0.1, 0.15) is 5.69 Å². The quantitative estimate of drug-likeness (QED) is 0.893.